The minimum absolute atomic E-state index is 0.124. The van der Waals surface area contributed by atoms with Gasteiger partial charge in [-0.2, -0.15) is 0 Å². The standard InChI is InChI=1S/C11H14N2O3/c12-9(7-11(14)15)8-16-6-4-10-3-1-2-5-13-10/h1-3,5,7H,4,6,8,12H2,(H,14,15)/b9-7-. The summed E-state index contributed by atoms with van der Waals surface area (Å²) in [6, 6.07) is 5.65. The Morgan fingerprint density at radius 2 is 2.38 bits per heavy atom. The molecule has 0 saturated carbocycles. The molecular formula is C11H14N2O3. The van der Waals surface area contributed by atoms with Gasteiger partial charge in [-0.25, -0.2) is 4.79 Å². The number of carboxylic acid groups (broad SMARTS) is 1. The van der Waals surface area contributed by atoms with E-state index in [1.54, 1.807) is 6.20 Å². The van der Waals surface area contributed by atoms with Gasteiger partial charge in [0.15, 0.2) is 0 Å². The van der Waals surface area contributed by atoms with Gasteiger partial charge < -0.3 is 15.6 Å². The molecule has 1 aromatic heterocycles. The summed E-state index contributed by atoms with van der Waals surface area (Å²) in [5.74, 6) is -1.06. The van der Waals surface area contributed by atoms with Gasteiger partial charge in [0.05, 0.1) is 13.2 Å². The highest BCUT2D eigenvalue weighted by Crippen LogP contribution is 1.95. The van der Waals surface area contributed by atoms with Crippen molar-refractivity contribution in [2.24, 2.45) is 5.73 Å². The second-order valence-electron chi connectivity index (χ2n) is 3.18. The predicted molar refractivity (Wildman–Crippen MR) is 58.7 cm³/mol. The van der Waals surface area contributed by atoms with E-state index >= 15 is 0 Å². The largest absolute Gasteiger partial charge is 0.478 e. The highest BCUT2D eigenvalue weighted by atomic mass is 16.5. The van der Waals surface area contributed by atoms with Crippen molar-refractivity contribution in [3.05, 3.63) is 41.9 Å². The molecule has 0 saturated heterocycles. The Balaban J connectivity index is 2.20. The molecule has 0 aliphatic carbocycles. The van der Waals surface area contributed by atoms with Gasteiger partial charge in [-0.15, -0.1) is 0 Å². The lowest BCUT2D eigenvalue weighted by molar-refractivity contribution is -0.131. The molecule has 0 unspecified atom stereocenters. The smallest absolute Gasteiger partial charge is 0.330 e. The summed E-state index contributed by atoms with van der Waals surface area (Å²) < 4.78 is 5.20. The van der Waals surface area contributed by atoms with Crippen molar-refractivity contribution in [2.75, 3.05) is 13.2 Å². The van der Waals surface area contributed by atoms with E-state index in [0.717, 1.165) is 11.8 Å². The zero-order valence-corrected chi connectivity index (χ0v) is 8.80. The normalized spacial score (nSPS) is 11.4. The van der Waals surface area contributed by atoms with Gasteiger partial charge in [0.2, 0.25) is 0 Å². The number of aromatic nitrogens is 1. The van der Waals surface area contributed by atoms with Crippen molar-refractivity contribution in [3.63, 3.8) is 0 Å². The second kappa shape index (κ2) is 6.58. The Labute approximate surface area is 93.6 Å². The first-order valence-electron chi connectivity index (χ1n) is 4.85. The van der Waals surface area contributed by atoms with Gasteiger partial charge in [0.25, 0.3) is 0 Å². The van der Waals surface area contributed by atoms with Crippen LogP contribution in [0.1, 0.15) is 5.69 Å². The van der Waals surface area contributed by atoms with Gasteiger partial charge in [-0.3, -0.25) is 4.98 Å². The molecule has 0 fully saturated rings. The molecule has 5 heteroatoms. The Morgan fingerprint density at radius 1 is 1.56 bits per heavy atom. The zero-order chi connectivity index (χ0) is 11.8. The number of carboxylic acids is 1. The molecule has 0 spiro atoms. The number of nitrogens with zero attached hydrogens (tertiary/aromatic N) is 1. The molecule has 0 bridgehead atoms. The summed E-state index contributed by atoms with van der Waals surface area (Å²) in [6.45, 7) is 0.588. The van der Waals surface area contributed by atoms with Crippen LogP contribution < -0.4 is 5.73 Å². The summed E-state index contributed by atoms with van der Waals surface area (Å²) in [4.78, 5) is 14.4. The van der Waals surface area contributed by atoms with Crippen LogP contribution in [0.3, 0.4) is 0 Å². The Morgan fingerprint density at radius 3 is 3.00 bits per heavy atom. The number of hydrogen-bond donors (Lipinski definition) is 2. The van der Waals surface area contributed by atoms with Crippen molar-refractivity contribution in [3.8, 4) is 0 Å². The van der Waals surface area contributed by atoms with E-state index in [1.807, 2.05) is 18.2 Å². The topological polar surface area (TPSA) is 85.4 Å². The highest BCUT2D eigenvalue weighted by molar-refractivity contribution is 5.80. The Hall–Kier alpha value is -1.88. The van der Waals surface area contributed by atoms with Gasteiger partial charge in [0.1, 0.15) is 0 Å². The quantitative estimate of drug-likeness (QED) is 0.543. The Bertz CT molecular complexity index is 363. The molecule has 0 amide bonds. The number of hydrogen-bond acceptors (Lipinski definition) is 4. The molecule has 0 aliphatic heterocycles. The van der Waals surface area contributed by atoms with E-state index in [-0.39, 0.29) is 12.3 Å². The maximum Gasteiger partial charge on any atom is 0.330 e. The molecule has 0 aromatic carbocycles. The van der Waals surface area contributed by atoms with Gasteiger partial charge >= 0.3 is 5.97 Å². The molecule has 0 aliphatic rings. The zero-order valence-electron chi connectivity index (χ0n) is 8.80. The van der Waals surface area contributed by atoms with E-state index in [2.05, 4.69) is 4.98 Å². The molecule has 86 valence electrons. The summed E-state index contributed by atoms with van der Waals surface area (Å²) in [7, 11) is 0. The number of nitrogens with two attached hydrogens (primary N) is 1. The lowest BCUT2D eigenvalue weighted by atomic mass is 10.3. The molecule has 16 heavy (non-hydrogen) atoms. The second-order valence-corrected chi connectivity index (χ2v) is 3.18. The molecule has 0 atom stereocenters. The molecule has 0 radical (unpaired) electrons. The van der Waals surface area contributed by atoms with E-state index < -0.39 is 5.97 Å². The molecule has 1 heterocycles. The monoisotopic (exact) mass is 222 g/mol. The summed E-state index contributed by atoms with van der Waals surface area (Å²) >= 11 is 0. The van der Waals surface area contributed by atoms with Crippen molar-refractivity contribution >= 4 is 5.97 Å². The molecule has 1 aromatic rings. The summed E-state index contributed by atoms with van der Waals surface area (Å²) in [5, 5.41) is 8.40. The van der Waals surface area contributed by atoms with Crippen LogP contribution in [0.4, 0.5) is 0 Å². The van der Waals surface area contributed by atoms with E-state index in [1.165, 1.54) is 0 Å². The average Bonchev–Trinajstić information content (AvgIpc) is 2.25. The molecule has 5 nitrogen and oxygen atoms in total. The third-order valence-electron chi connectivity index (χ3n) is 1.81. The van der Waals surface area contributed by atoms with Gasteiger partial charge in [-0.05, 0) is 12.1 Å². The number of aliphatic carboxylic acids is 1. The van der Waals surface area contributed by atoms with Crippen LogP contribution in [0, 0.1) is 0 Å². The molecule has 3 N–H and O–H groups in total. The minimum atomic E-state index is -1.06. The number of carbonyl (C=O) groups is 1. The highest BCUT2D eigenvalue weighted by Gasteiger charge is 1.97. The van der Waals surface area contributed by atoms with E-state index in [4.69, 9.17) is 15.6 Å². The maximum absolute atomic E-state index is 10.2. The fraction of sp³-hybridized carbons (Fsp3) is 0.273. The number of pyridine rings is 1. The lowest BCUT2D eigenvalue weighted by Gasteiger charge is -2.03. The van der Waals surface area contributed by atoms with Crippen LogP contribution in [0.2, 0.25) is 0 Å². The van der Waals surface area contributed by atoms with Crippen molar-refractivity contribution in [2.45, 2.75) is 6.42 Å². The molecular weight excluding hydrogens is 208 g/mol. The van der Waals surface area contributed by atoms with Crippen LogP contribution >= 0.6 is 0 Å². The SMILES string of the molecule is N/C(=C\C(=O)O)COCCc1ccccn1. The van der Waals surface area contributed by atoms with Crippen LogP contribution in [0.25, 0.3) is 0 Å². The number of ether oxygens (including phenoxy) is 1. The minimum Gasteiger partial charge on any atom is -0.478 e. The first-order chi connectivity index (χ1) is 7.68. The first kappa shape index (κ1) is 12.2. The fourth-order valence-electron chi connectivity index (χ4n) is 1.11. The van der Waals surface area contributed by atoms with Crippen molar-refractivity contribution in [1.82, 2.24) is 4.98 Å². The fourth-order valence-corrected chi connectivity index (χ4v) is 1.11. The lowest BCUT2D eigenvalue weighted by Crippen LogP contribution is -2.11. The van der Waals surface area contributed by atoms with E-state index in [9.17, 15) is 4.79 Å². The predicted octanol–water partition coefficient (Wildman–Crippen LogP) is 0.568. The Kier molecular flexibility index (Phi) is 5.01. The third-order valence-corrected chi connectivity index (χ3v) is 1.81. The van der Waals surface area contributed by atoms with Crippen LogP contribution in [0.15, 0.2) is 36.2 Å². The summed E-state index contributed by atoms with van der Waals surface area (Å²) in [6.07, 6.45) is 3.33. The summed E-state index contributed by atoms with van der Waals surface area (Å²) in [5.41, 5.74) is 6.53. The number of rotatable bonds is 6. The maximum atomic E-state index is 10.2. The van der Waals surface area contributed by atoms with E-state index in [0.29, 0.717) is 13.0 Å². The van der Waals surface area contributed by atoms with Crippen molar-refractivity contribution < 1.29 is 14.6 Å². The van der Waals surface area contributed by atoms with Crippen LogP contribution in [-0.4, -0.2) is 29.3 Å². The van der Waals surface area contributed by atoms with Gasteiger partial charge in [0, 0.05) is 30.1 Å². The third kappa shape index (κ3) is 5.11. The van der Waals surface area contributed by atoms with Gasteiger partial charge in [-0.1, -0.05) is 6.07 Å². The first-order valence-corrected chi connectivity index (χ1v) is 4.85. The molecule has 1 rings (SSSR count). The average molecular weight is 222 g/mol. The van der Waals surface area contributed by atoms with Crippen molar-refractivity contribution in [1.29, 1.82) is 0 Å². The van der Waals surface area contributed by atoms with Crippen LogP contribution in [0.5, 0.6) is 0 Å². The van der Waals surface area contributed by atoms with Crippen LogP contribution in [-0.2, 0) is 16.0 Å².